The maximum absolute atomic E-state index is 11.9. The van der Waals surface area contributed by atoms with E-state index in [0.717, 1.165) is 12.8 Å². The molecule has 0 aromatic carbocycles. The van der Waals surface area contributed by atoms with Gasteiger partial charge in [0.05, 0.1) is 6.42 Å². The van der Waals surface area contributed by atoms with Crippen LogP contribution < -0.4 is 5.32 Å². The van der Waals surface area contributed by atoms with Crippen LogP contribution in [0.15, 0.2) is 4.52 Å². The Kier molecular flexibility index (Phi) is 4.06. The van der Waals surface area contributed by atoms with Crippen LogP contribution in [0.1, 0.15) is 43.3 Å². The first-order chi connectivity index (χ1) is 8.94. The molecule has 0 spiro atoms. The van der Waals surface area contributed by atoms with Crippen LogP contribution in [0.25, 0.3) is 0 Å². The van der Waals surface area contributed by atoms with E-state index in [0.29, 0.717) is 24.1 Å². The Morgan fingerprint density at radius 2 is 2.16 bits per heavy atom. The molecule has 1 fully saturated rings. The van der Waals surface area contributed by atoms with Crippen LogP contribution in [0.3, 0.4) is 0 Å². The molecule has 1 aliphatic rings. The summed E-state index contributed by atoms with van der Waals surface area (Å²) in [6, 6.07) is 0. The van der Waals surface area contributed by atoms with Crippen molar-refractivity contribution in [1.82, 2.24) is 15.5 Å². The highest BCUT2D eigenvalue weighted by Gasteiger charge is 2.29. The topological polar surface area (TPSA) is 68.0 Å². The number of halogens is 3. The lowest BCUT2D eigenvalue weighted by molar-refractivity contribution is -0.144. The molecule has 1 aromatic heterocycles. The first-order valence-electron chi connectivity index (χ1n) is 6.10. The van der Waals surface area contributed by atoms with Gasteiger partial charge in [-0.25, -0.2) is 0 Å². The minimum atomic E-state index is -4.30. The van der Waals surface area contributed by atoms with Crippen molar-refractivity contribution in [2.24, 2.45) is 0 Å². The van der Waals surface area contributed by atoms with Crippen LogP contribution in [-0.2, 0) is 11.2 Å². The molecule has 0 radical (unpaired) electrons. The van der Waals surface area contributed by atoms with Crippen LogP contribution >= 0.6 is 0 Å². The summed E-state index contributed by atoms with van der Waals surface area (Å²) in [5, 5.41) is 6.14. The van der Waals surface area contributed by atoms with Crippen LogP contribution in [0.5, 0.6) is 0 Å². The average Bonchev–Trinajstić information content (AvgIpc) is 3.07. The zero-order valence-corrected chi connectivity index (χ0v) is 10.2. The number of rotatable bonds is 6. The molecule has 106 valence electrons. The summed E-state index contributed by atoms with van der Waals surface area (Å²) in [4.78, 5) is 15.3. The second-order valence-corrected chi connectivity index (χ2v) is 4.54. The zero-order chi connectivity index (χ0) is 13.9. The highest BCUT2D eigenvalue weighted by atomic mass is 19.4. The lowest BCUT2D eigenvalue weighted by Crippen LogP contribution is -2.27. The van der Waals surface area contributed by atoms with E-state index in [9.17, 15) is 18.0 Å². The van der Waals surface area contributed by atoms with Gasteiger partial charge in [-0.1, -0.05) is 5.16 Å². The van der Waals surface area contributed by atoms with Gasteiger partial charge in [0.2, 0.25) is 11.8 Å². The molecule has 1 heterocycles. The number of hydrogen-bond acceptors (Lipinski definition) is 4. The number of hydrogen-bond donors (Lipinski definition) is 1. The summed E-state index contributed by atoms with van der Waals surface area (Å²) in [6.07, 6.45) is -3.50. The van der Waals surface area contributed by atoms with Crippen molar-refractivity contribution in [3.8, 4) is 0 Å². The van der Waals surface area contributed by atoms with Gasteiger partial charge in [0.1, 0.15) is 0 Å². The molecule has 1 saturated carbocycles. The molecule has 0 aliphatic heterocycles. The number of nitrogens with one attached hydrogen (secondary N) is 1. The Morgan fingerprint density at radius 3 is 2.79 bits per heavy atom. The predicted molar refractivity (Wildman–Crippen MR) is 58.3 cm³/mol. The number of aromatic nitrogens is 2. The van der Waals surface area contributed by atoms with Gasteiger partial charge >= 0.3 is 6.18 Å². The third-order valence-corrected chi connectivity index (χ3v) is 2.72. The summed E-state index contributed by atoms with van der Waals surface area (Å²) < 4.78 is 40.6. The van der Waals surface area contributed by atoms with Crippen molar-refractivity contribution in [1.29, 1.82) is 0 Å². The minimum absolute atomic E-state index is 0.209. The van der Waals surface area contributed by atoms with Gasteiger partial charge < -0.3 is 9.84 Å². The van der Waals surface area contributed by atoms with Crippen molar-refractivity contribution in [2.45, 2.75) is 44.2 Å². The fourth-order valence-electron chi connectivity index (χ4n) is 1.52. The summed E-state index contributed by atoms with van der Waals surface area (Å²) >= 11 is 0. The number of amides is 1. The van der Waals surface area contributed by atoms with Crippen LogP contribution in [0.2, 0.25) is 0 Å². The normalized spacial score (nSPS) is 15.5. The summed E-state index contributed by atoms with van der Waals surface area (Å²) in [7, 11) is 0. The fourth-order valence-corrected chi connectivity index (χ4v) is 1.52. The standard InChI is InChI=1S/C11H14F3N3O2/c12-11(13,14)5-3-9(18)15-6-4-8-16-10(19-17-8)7-1-2-7/h7H,1-6H2,(H,15,18). The van der Waals surface area contributed by atoms with Crippen molar-refractivity contribution < 1.29 is 22.5 Å². The van der Waals surface area contributed by atoms with E-state index in [2.05, 4.69) is 15.5 Å². The average molecular weight is 277 g/mol. The molecule has 5 nitrogen and oxygen atoms in total. The predicted octanol–water partition coefficient (Wildman–Crippen LogP) is 1.95. The van der Waals surface area contributed by atoms with Crippen molar-refractivity contribution in [2.75, 3.05) is 6.54 Å². The molecular weight excluding hydrogens is 263 g/mol. The van der Waals surface area contributed by atoms with Crippen molar-refractivity contribution in [3.63, 3.8) is 0 Å². The SMILES string of the molecule is O=C(CCC(F)(F)F)NCCc1noc(C2CC2)n1. The van der Waals surface area contributed by atoms with Gasteiger partial charge in [-0.3, -0.25) is 4.79 Å². The minimum Gasteiger partial charge on any atom is -0.356 e. The van der Waals surface area contributed by atoms with Crippen molar-refractivity contribution in [3.05, 3.63) is 11.7 Å². The molecule has 0 saturated heterocycles. The lowest BCUT2D eigenvalue weighted by Gasteiger charge is -2.06. The maximum atomic E-state index is 11.9. The van der Waals surface area contributed by atoms with Crippen LogP contribution in [0, 0.1) is 0 Å². The molecular formula is C11H14F3N3O2. The third kappa shape index (κ3) is 4.88. The van der Waals surface area contributed by atoms with E-state index >= 15 is 0 Å². The lowest BCUT2D eigenvalue weighted by atomic mass is 10.3. The van der Waals surface area contributed by atoms with Crippen LogP contribution in [-0.4, -0.2) is 28.8 Å². The quantitative estimate of drug-likeness (QED) is 0.863. The Hall–Kier alpha value is -1.60. The number of alkyl halides is 3. The summed E-state index contributed by atoms with van der Waals surface area (Å²) in [5.74, 6) is 0.822. The first-order valence-corrected chi connectivity index (χ1v) is 6.10. The molecule has 19 heavy (non-hydrogen) atoms. The molecule has 0 unspecified atom stereocenters. The molecule has 1 amide bonds. The molecule has 1 aliphatic carbocycles. The van der Waals surface area contributed by atoms with Crippen molar-refractivity contribution >= 4 is 5.91 Å². The Morgan fingerprint density at radius 1 is 1.42 bits per heavy atom. The third-order valence-electron chi connectivity index (χ3n) is 2.72. The second kappa shape index (κ2) is 5.58. The smallest absolute Gasteiger partial charge is 0.356 e. The largest absolute Gasteiger partial charge is 0.389 e. The monoisotopic (exact) mass is 277 g/mol. The molecule has 0 bridgehead atoms. The number of carbonyl (C=O) groups excluding carboxylic acids is 1. The Bertz CT molecular complexity index is 441. The van der Waals surface area contributed by atoms with Gasteiger partial charge in [0.15, 0.2) is 5.82 Å². The van der Waals surface area contributed by atoms with E-state index in [1.807, 2.05) is 0 Å². The molecule has 1 aromatic rings. The maximum Gasteiger partial charge on any atom is 0.389 e. The molecule has 1 N–H and O–H groups in total. The van der Waals surface area contributed by atoms with E-state index in [1.165, 1.54) is 0 Å². The van der Waals surface area contributed by atoms with Gasteiger partial charge in [0.25, 0.3) is 0 Å². The molecule has 2 rings (SSSR count). The highest BCUT2D eigenvalue weighted by molar-refractivity contribution is 5.75. The number of carbonyl (C=O) groups is 1. The van der Waals surface area contributed by atoms with Crippen LogP contribution in [0.4, 0.5) is 13.2 Å². The van der Waals surface area contributed by atoms with E-state index in [4.69, 9.17) is 4.52 Å². The summed E-state index contributed by atoms with van der Waals surface area (Å²) in [5.41, 5.74) is 0. The molecule has 0 atom stereocenters. The Balaban J connectivity index is 1.63. The van der Waals surface area contributed by atoms with E-state index in [-0.39, 0.29) is 6.54 Å². The van der Waals surface area contributed by atoms with Gasteiger partial charge in [0, 0.05) is 25.3 Å². The zero-order valence-electron chi connectivity index (χ0n) is 10.2. The molecule has 8 heteroatoms. The van der Waals surface area contributed by atoms with E-state index in [1.54, 1.807) is 0 Å². The second-order valence-electron chi connectivity index (χ2n) is 4.54. The Labute approximate surface area is 107 Å². The van der Waals surface area contributed by atoms with Gasteiger partial charge in [-0.2, -0.15) is 18.2 Å². The fraction of sp³-hybridized carbons (Fsp3) is 0.727. The first kappa shape index (κ1) is 13.8. The van der Waals surface area contributed by atoms with Gasteiger partial charge in [-0.15, -0.1) is 0 Å². The number of nitrogens with zero attached hydrogens (tertiary/aromatic N) is 2. The van der Waals surface area contributed by atoms with Gasteiger partial charge in [-0.05, 0) is 12.8 Å². The van der Waals surface area contributed by atoms with E-state index < -0.39 is 24.9 Å². The summed E-state index contributed by atoms with van der Waals surface area (Å²) in [6.45, 7) is 0.209. The highest BCUT2D eigenvalue weighted by Crippen LogP contribution is 2.38.